The first-order chi connectivity index (χ1) is 9.58. The Hall–Kier alpha value is -2.22. The zero-order valence-electron chi connectivity index (χ0n) is 10.8. The molecular weight excluding hydrogens is 266 g/mol. The molecule has 2 heterocycles. The first kappa shape index (κ1) is 14.2. The van der Waals surface area contributed by atoms with Crippen molar-refractivity contribution in [1.82, 2.24) is 9.88 Å². The van der Waals surface area contributed by atoms with Gasteiger partial charge in [0, 0.05) is 12.6 Å². The number of likely N-dealkylation sites (tertiary alicyclic amines) is 1. The van der Waals surface area contributed by atoms with Crippen molar-refractivity contribution < 1.29 is 19.6 Å². The molecule has 1 aliphatic rings. The molecule has 1 aliphatic heterocycles. The molecule has 20 heavy (non-hydrogen) atoms. The number of nitrogens with zero attached hydrogens (tertiary/aromatic N) is 3. The van der Waals surface area contributed by atoms with E-state index in [0.717, 1.165) is 38.1 Å². The molecule has 1 N–H and O–H groups in total. The van der Waals surface area contributed by atoms with Crippen molar-refractivity contribution in [2.24, 2.45) is 0 Å². The molecular formula is C12H15N3O5. The Labute approximate surface area is 115 Å². The van der Waals surface area contributed by atoms with Crippen LogP contribution in [0.25, 0.3) is 0 Å². The number of carboxylic acids is 1. The SMILES string of the molecule is O=C(O)c1ccc([N+](=O)[O-])c(OCCN2CCCC2)n1. The molecule has 0 radical (unpaired) electrons. The van der Waals surface area contributed by atoms with Crippen LogP contribution in [0.3, 0.4) is 0 Å². The molecule has 1 saturated heterocycles. The summed E-state index contributed by atoms with van der Waals surface area (Å²) in [6, 6.07) is 2.19. The second kappa shape index (κ2) is 6.29. The minimum Gasteiger partial charge on any atom is -0.477 e. The average molecular weight is 281 g/mol. The fourth-order valence-electron chi connectivity index (χ4n) is 2.08. The normalized spacial score (nSPS) is 15.2. The van der Waals surface area contributed by atoms with Gasteiger partial charge >= 0.3 is 11.7 Å². The van der Waals surface area contributed by atoms with Gasteiger partial charge in [0.05, 0.1) is 4.92 Å². The standard InChI is InChI=1S/C12H15N3O5/c16-12(17)9-3-4-10(15(18)19)11(13-9)20-8-7-14-5-1-2-6-14/h3-4H,1-2,5-8H2,(H,16,17). The van der Waals surface area contributed by atoms with Gasteiger partial charge in [-0.25, -0.2) is 9.78 Å². The molecule has 1 aromatic rings. The van der Waals surface area contributed by atoms with Crippen LogP contribution in [0, 0.1) is 10.1 Å². The van der Waals surface area contributed by atoms with E-state index in [1.54, 1.807) is 0 Å². The molecule has 1 fully saturated rings. The fourth-order valence-corrected chi connectivity index (χ4v) is 2.08. The van der Waals surface area contributed by atoms with Crippen molar-refractivity contribution in [1.29, 1.82) is 0 Å². The van der Waals surface area contributed by atoms with E-state index in [1.165, 1.54) is 0 Å². The molecule has 8 heteroatoms. The Kier molecular flexibility index (Phi) is 4.46. The Balaban J connectivity index is 2.04. The Bertz CT molecular complexity index is 514. The van der Waals surface area contributed by atoms with Gasteiger partial charge in [-0.1, -0.05) is 0 Å². The first-order valence-corrected chi connectivity index (χ1v) is 6.32. The number of aromatic carboxylic acids is 1. The van der Waals surface area contributed by atoms with E-state index in [-0.39, 0.29) is 23.9 Å². The van der Waals surface area contributed by atoms with Crippen LogP contribution in [0.1, 0.15) is 23.3 Å². The summed E-state index contributed by atoms with van der Waals surface area (Å²) in [5.74, 6) is -1.49. The minimum absolute atomic E-state index is 0.242. The van der Waals surface area contributed by atoms with Crippen molar-refractivity contribution in [3.05, 3.63) is 27.9 Å². The first-order valence-electron chi connectivity index (χ1n) is 6.32. The predicted octanol–water partition coefficient (Wildman–Crippen LogP) is 1.16. The van der Waals surface area contributed by atoms with E-state index >= 15 is 0 Å². The second-order valence-electron chi connectivity index (χ2n) is 4.48. The fraction of sp³-hybridized carbons (Fsp3) is 0.500. The van der Waals surface area contributed by atoms with E-state index in [0.29, 0.717) is 6.54 Å². The van der Waals surface area contributed by atoms with Crippen LogP contribution in [-0.4, -0.2) is 52.1 Å². The molecule has 0 saturated carbocycles. The number of pyridine rings is 1. The van der Waals surface area contributed by atoms with Crippen molar-refractivity contribution in [2.75, 3.05) is 26.2 Å². The summed E-state index contributed by atoms with van der Waals surface area (Å²) < 4.78 is 5.29. The maximum atomic E-state index is 10.8. The number of carbonyl (C=O) groups is 1. The summed E-state index contributed by atoms with van der Waals surface area (Å²) >= 11 is 0. The average Bonchev–Trinajstić information content (AvgIpc) is 2.91. The number of aromatic nitrogens is 1. The number of hydrogen-bond donors (Lipinski definition) is 1. The van der Waals surface area contributed by atoms with Gasteiger partial charge in [-0.3, -0.25) is 15.0 Å². The third-order valence-electron chi connectivity index (χ3n) is 3.10. The van der Waals surface area contributed by atoms with Gasteiger partial charge in [-0.15, -0.1) is 0 Å². The molecule has 1 aromatic heterocycles. The van der Waals surface area contributed by atoms with Crippen LogP contribution >= 0.6 is 0 Å². The van der Waals surface area contributed by atoms with Crippen molar-refractivity contribution in [3.8, 4) is 5.88 Å². The van der Waals surface area contributed by atoms with Gasteiger partial charge < -0.3 is 9.84 Å². The molecule has 8 nitrogen and oxygen atoms in total. The second-order valence-corrected chi connectivity index (χ2v) is 4.48. The highest BCUT2D eigenvalue weighted by Gasteiger charge is 2.20. The third-order valence-corrected chi connectivity index (χ3v) is 3.10. The van der Waals surface area contributed by atoms with Gasteiger partial charge in [0.2, 0.25) is 0 Å². The van der Waals surface area contributed by atoms with E-state index < -0.39 is 10.9 Å². The lowest BCUT2D eigenvalue weighted by Gasteiger charge is -2.14. The third kappa shape index (κ3) is 3.41. The number of carboxylic acid groups (broad SMARTS) is 1. The quantitative estimate of drug-likeness (QED) is 0.616. The molecule has 0 atom stereocenters. The van der Waals surface area contributed by atoms with Crippen molar-refractivity contribution in [2.45, 2.75) is 12.8 Å². The van der Waals surface area contributed by atoms with Crippen LogP contribution < -0.4 is 4.74 Å². The zero-order chi connectivity index (χ0) is 14.5. The summed E-state index contributed by atoms with van der Waals surface area (Å²) in [7, 11) is 0. The van der Waals surface area contributed by atoms with E-state index in [4.69, 9.17) is 9.84 Å². The highest BCUT2D eigenvalue weighted by atomic mass is 16.6. The highest BCUT2D eigenvalue weighted by molar-refractivity contribution is 5.85. The van der Waals surface area contributed by atoms with Gasteiger partial charge in [0.1, 0.15) is 6.61 Å². The molecule has 0 amide bonds. The van der Waals surface area contributed by atoms with Gasteiger partial charge in [-0.2, -0.15) is 0 Å². The van der Waals surface area contributed by atoms with Crippen LogP contribution in [-0.2, 0) is 0 Å². The summed E-state index contributed by atoms with van der Waals surface area (Å²) in [6.07, 6.45) is 2.29. The lowest BCUT2D eigenvalue weighted by molar-refractivity contribution is -0.386. The van der Waals surface area contributed by atoms with E-state index in [9.17, 15) is 14.9 Å². The Morgan fingerprint density at radius 3 is 2.75 bits per heavy atom. The summed E-state index contributed by atoms with van der Waals surface area (Å²) in [5, 5.41) is 19.7. The van der Waals surface area contributed by atoms with Crippen LogP contribution in [0.15, 0.2) is 12.1 Å². The zero-order valence-corrected chi connectivity index (χ0v) is 10.8. The summed E-state index contributed by atoms with van der Waals surface area (Å²) in [5.41, 5.74) is -0.594. The Morgan fingerprint density at radius 2 is 2.15 bits per heavy atom. The number of ether oxygens (including phenoxy) is 1. The van der Waals surface area contributed by atoms with Crippen molar-refractivity contribution in [3.63, 3.8) is 0 Å². The topological polar surface area (TPSA) is 106 Å². The summed E-state index contributed by atoms with van der Waals surface area (Å²) in [4.78, 5) is 26.9. The minimum atomic E-state index is -1.25. The highest BCUT2D eigenvalue weighted by Crippen LogP contribution is 2.24. The molecule has 0 aromatic carbocycles. The molecule has 0 aliphatic carbocycles. The predicted molar refractivity (Wildman–Crippen MR) is 69.0 cm³/mol. The molecule has 108 valence electrons. The van der Waals surface area contributed by atoms with E-state index in [1.807, 2.05) is 0 Å². The maximum Gasteiger partial charge on any atom is 0.354 e. The summed E-state index contributed by atoms with van der Waals surface area (Å²) in [6.45, 7) is 2.88. The van der Waals surface area contributed by atoms with Crippen molar-refractivity contribution >= 4 is 11.7 Å². The maximum absolute atomic E-state index is 10.8. The van der Waals surface area contributed by atoms with E-state index in [2.05, 4.69) is 9.88 Å². The molecule has 0 unspecified atom stereocenters. The molecule has 0 bridgehead atoms. The van der Waals surface area contributed by atoms with Gasteiger partial charge in [0.25, 0.3) is 5.88 Å². The molecule has 0 spiro atoms. The smallest absolute Gasteiger partial charge is 0.354 e. The van der Waals surface area contributed by atoms with Gasteiger partial charge in [0.15, 0.2) is 5.69 Å². The van der Waals surface area contributed by atoms with Crippen LogP contribution in [0.4, 0.5) is 5.69 Å². The largest absolute Gasteiger partial charge is 0.477 e. The number of hydrogen-bond acceptors (Lipinski definition) is 6. The number of nitro groups is 1. The molecule has 2 rings (SSSR count). The number of rotatable bonds is 6. The Morgan fingerprint density at radius 1 is 1.45 bits per heavy atom. The monoisotopic (exact) mass is 281 g/mol. The van der Waals surface area contributed by atoms with Gasteiger partial charge in [-0.05, 0) is 32.0 Å². The lowest BCUT2D eigenvalue weighted by atomic mass is 10.3. The lowest BCUT2D eigenvalue weighted by Crippen LogP contribution is -2.25. The van der Waals surface area contributed by atoms with Crippen LogP contribution in [0.5, 0.6) is 5.88 Å². The van der Waals surface area contributed by atoms with Crippen LogP contribution in [0.2, 0.25) is 0 Å².